The van der Waals surface area contributed by atoms with Crippen LogP contribution < -0.4 is 0 Å². The molecule has 0 aliphatic rings. The van der Waals surface area contributed by atoms with Crippen LogP contribution in [0.4, 0.5) is 17.6 Å². The van der Waals surface area contributed by atoms with Crippen LogP contribution >= 0.6 is 0 Å². The van der Waals surface area contributed by atoms with Crippen LogP contribution in [0.25, 0.3) is 5.82 Å². The van der Waals surface area contributed by atoms with Crippen molar-refractivity contribution in [1.82, 2.24) is 14.8 Å². The molecule has 2 rings (SSSR count). The predicted molar refractivity (Wildman–Crippen MR) is 62.8 cm³/mol. The second-order valence-corrected chi connectivity index (χ2v) is 4.33. The minimum atomic E-state index is -5.29. The average Bonchev–Trinajstić information content (AvgIpc) is 2.84. The van der Waals surface area contributed by atoms with Gasteiger partial charge in [-0.2, -0.15) is 18.3 Å². The van der Waals surface area contributed by atoms with Gasteiger partial charge in [-0.15, -0.1) is 0 Å². The van der Waals surface area contributed by atoms with E-state index in [0.717, 1.165) is 10.9 Å². The molecule has 0 aliphatic carbocycles. The molecule has 5 nitrogen and oxygen atoms in total. The van der Waals surface area contributed by atoms with Crippen LogP contribution in [0.2, 0.25) is 0 Å². The fourth-order valence-corrected chi connectivity index (χ4v) is 1.62. The Morgan fingerprint density at radius 3 is 2.43 bits per heavy atom. The first-order valence-electron chi connectivity index (χ1n) is 5.65. The number of halogens is 4. The largest absolute Gasteiger partial charge is 0.478 e. The number of hydrogen-bond donors (Lipinski definition) is 1. The van der Waals surface area contributed by atoms with Crippen molar-refractivity contribution in [3.63, 3.8) is 0 Å². The molecule has 0 radical (unpaired) electrons. The third-order valence-corrected chi connectivity index (χ3v) is 2.81. The summed E-state index contributed by atoms with van der Waals surface area (Å²) < 4.78 is 53.0. The highest BCUT2D eigenvalue weighted by atomic mass is 19.4. The molecule has 1 atom stereocenters. The van der Waals surface area contributed by atoms with E-state index in [1.807, 2.05) is 0 Å². The zero-order chi connectivity index (χ0) is 15.8. The Labute approximate surface area is 115 Å². The van der Waals surface area contributed by atoms with Crippen molar-refractivity contribution in [1.29, 1.82) is 0 Å². The topological polar surface area (TPSA) is 68.0 Å². The molecule has 2 heterocycles. The zero-order valence-corrected chi connectivity index (χ0v) is 10.6. The zero-order valence-electron chi connectivity index (χ0n) is 10.6. The highest BCUT2D eigenvalue weighted by Gasteiger charge is 2.56. The average molecular weight is 303 g/mol. The second-order valence-electron chi connectivity index (χ2n) is 4.33. The number of aromatic carboxylic acids is 1. The molecule has 0 spiro atoms. The molecule has 0 aromatic carbocycles. The van der Waals surface area contributed by atoms with Crippen molar-refractivity contribution in [2.24, 2.45) is 0 Å². The molecule has 0 bridgehead atoms. The van der Waals surface area contributed by atoms with E-state index in [1.165, 1.54) is 18.3 Å². The van der Waals surface area contributed by atoms with Gasteiger partial charge in [0.15, 0.2) is 5.82 Å². The fraction of sp³-hybridized carbons (Fsp3) is 0.250. The van der Waals surface area contributed by atoms with E-state index in [4.69, 9.17) is 5.11 Å². The lowest BCUT2D eigenvalue weighted by molar-refractivity contribution is -0.230. The third-order valence-electron chi connectivity index (χ3n) is 2.81. The second kappa shape index (κ2) is 4.83. The molecule has 112 valence electrons. The quantitative estimate of drug-likeness (QED) is 0.885. The molecule has 21 heavy (non-hydrogen) atoms. The van der Waals surface area contributed by atoms with Crippen molar-refractivity contribution >= 4 is 5.97 Å². The van der Waals surface area contributed by atoms with Crippen molar-refractivity contribution in [2.45, 2.75) is 18.8 Å². The van der Waals surface area contributed by atoms with E-state index in [-0.39, 0.29) is 12.7 Å². The van der Waals surface area contributed by atoms with Gasteiger partial charge in [-0.1, -0.05) is 6.07 Å². The molecule has 1 N–H and O–H groups in total. The standard InChI is InChI=1S/C12H9F4N3O2/c1-11(13,12(14,15)16)9-7(10(20)21)6-19(18-9)8-4-2-3-5-17-8/h2-6H,1H3,(H,20,21). The van der Waals surface area contributed by atoms with Crippen LogP contribution in [0.15, 0.2) is 30.6 Å². The number of aromatic nitrogens is 3. The Bertz CT molecular complexity index is 665. The van der Waals surface area contributed by atoms with Gasteiger partial charge in [0.05, 0.1) is 0 Å². The number of hydrogen-bond acceptors (Lipinski definition) is 3. The van der Waals surface area contributed by atoms with Gasteiger partial charge in [-0.25, -0.2) is 18.9 Å². The van der Waals surface area contributed by atoms with E-state index < -0.39 is 29.1 Å². The van der Waals surface area contributed by atoms with Crippen LogP contribution in [-0.2, 0) is 5.67 Å². The van der Waals surface area contributed by atoms with Gasteiger partial charge >= 0.3 is 12.1 Å². The first kappa shape index (κ1) is 14.9. The van der Waals surface area contributed by atoms with Crippen LogP contribution in [0, 0.1) is 0 Å². The molecule has 0 saturated heterocycles. The number of pyridine rings is 1. The Hall–Kier alpha value is -2.45. The third kappa shape index (κ3) is 2.58. The summed E-state index contributed by atoms with van der Waals surface area (Å²) in [6.45, 7) is 0.227. The molecule has 0 amide bonds. The van der Waals surface area contributed by atoms with Gasteiger partial charge in [0.1, 0.15) is 11.3 Å². The minimum absolute atomic E-state index is 0.0734. The van der Waals surface area contributed by atoms with Gasteiger partial charge < -0.3 is 5.11 Å². The Morgan fingerprint density at radius 1 is 1.29 bits per heavy atom. The van der Waals surface area contributed by atoms with E-state index in [1.54, 1.807) is 6.07 Å². The SMILES string of the molecule is CC(F)(c1nn(-c2ccccn2)cc1C(=O)O)C(F)(F)F. The molecule has 0 aliphatic heterocycles. The Kier molecular flexibility index (Phi) is 3.44. The monoisotopic (exact) mass is 303 g/mol. The fourth-order valence-electron chi connectivity index (χ4n) is 1.62. The highest BCUT2D eigenvalue weighted by molar-refractivity contribution is 5.89. The van der Waals surface area contributed by atoms with Crippen LogP contribution in [-0.4, -0.2) is 32.0 Å². The lowest BCUT2D eigenvalue weighted by atomic mass is 10.0. The van der Waals surface area contributed by atoms with Gasteiger partial charge in [0.2, 0.25) is 5.67 Å². The minimum Gasteiger partial charge on any atom is -0.478 e. The van der Waals surface area contributed by atoms with Gasteiger partial charge in [-0.05, 0) is 19.1 Å². The van der Waals surface area contributed by atoms with Gasteiger partial charge in [-0.3, -0.25) is 0 Å². The molecule has 0 fully saturated rings. The molecular weight excluding hydrogens is 294 g/mol. The number of carboxylic acids is 1. The summed E-state index contributed by atoms with van der Waals surface area (Å²) in [5, 5.41) is 12.4. The maximum absolute atomic E-state index is 14.0. The summed E-state index contributed by atoms with van der Waals surface area (Å²) in [6, 6.07) is 4.48. The Morgan fingerprint density at radius 2 is 1.95 bits per heavy atom. The maximum atomic E-state index is 14.0. The van der Waals surface area contributed by atoms with E-state index >= 15 is 0 Å². The molecule has 9 heteroatoms. The molecular formula is C12H9F4N3O2. The highest BCUT2D eigenvalue weighted by Crippen LogP contribution is 2.42. The summed E-state index contributed by atoms with van der Waals surface area (Å²) in [6.07, 6.45) is -3.15. The lowest BCUT2D eigenvalue weighted by Gasteiger charge is -2.22. The maximum Gasteiger partial charge on any atom is 0.428 e. The van der Waals surface area contributed by atoms with Crippen molar-refractivity contribution < 1.29 is 27.5 Å². The summed E-state index contributed by atoms with van der Waals surface area (Å²) in [5.41, 5.74) is -5.98. The van der Waals surface area contributed by atoms with Crippen LogP contribution in [0.3, 0.4) is 0 Å². The number of carbonyl (C=O) groups is 1. The van der Waals surface area contributed by atoms with Crippen molar-refractivity contribution in [3.8, 4) is 5.82 Å². The molecule has 2 aromatic rings. The molecule has 2 aromatic heterocycles. The number of carboxylic acid groups (broad SMARTS) is 1. The number of rotatable bonds is 3. The summed E-state index contributed by atoms with van der Waals surface area (Å²) in [7, 11) is 0. The van der Waals surface area contributed by atoms with E-state index in [9.17, 15) is 22.4 Å². The molecule has 1 unspecified atom stereocenters. The summed E-state index contributed by atoms with van der Waals surface area (Å²) >= 11 is 0. The van der Waals surface area contributed by atoms with Gasteiger partial charge in [0.25, 0.3) is 0 Å². The summed E-state index contributed by atoms with van der Waals surface area (Å²) in [5.74, 6) is -1.63. The van der Waals surface area contributed by atoms with Gasteiger partial charge in [0, 0.05) is 12.4 Å². The van der Waals surface area contributed by atoms with Crippen molar-refractivity contribution in [2.75, 3.05) is 0 Å². The van der Waals surface area contributed by atoms with Crippen molar-refractivity contribution in [3.05, 3.63) is 41.9 Å². The smallest absolute Gasteiger partial charge is 0.428 e. The predicted octanol–water partition coefficient (Wildman–Crippen LogP) is 2.71. The van der Waals surface area contributed by atoms with E-state index in [2.05, 4.69) is 10.1 Å². The normalized spacial score (nSPS) is 14.7. The Balaban J connectivity index is 2.62. The number of alkyl halides is 4. The van der Waals surface area contributed by atoms with E-state index in [0.29, 0.717) is 0 Å². The summed E-state index contributed by atoms with van der Waals surface area (Å²) in [4.78, 5) is 14.8. The molecule has 0 saturated carbocycles. The number of nitrogens with zero attached hydrogens (tertiary/aromatic N) is 3. The first-order valence-corrected chi connectivity index (χ1v) is 5.65. The van der Waals surface area contributed by atoms with Crippen LogP contribution in [0.1, 0.15) is 23.0 Å². The lowest BCUT2D eigenvalue weighted by Crippen LogP contribution is -2.36. The van der Waals surface area contributed by atoms with Crippen LogP contribution in [0.5, 0.6) is 0 Å². The first-order chi connectivity index (χ1) is 9.64.